The molecule has 1 saturated heterocycles. The summed E-state index contributed by atoms with van der Waals surface area (Å²) in [5.74, 6) is -0.240. The standard InChI is InChI=1S/C12H17FN2O/c1-14-4-6-15(7-5-14)12-3-2-10(9-16)8-11(12)13/h2-3,8,16H,4-7,9H2,1H3. The molecule has 0 spiro atoms. The first-order valence-corrected chi connectivity index (χ1v) is 5.53. The zero-order valence-corrected chi connectivity index (χ0v) is 9.49. The van der Waals surface area contributed by atoms with Crippen molar-refractivity contribution in [1.29, 1.82) is 0 Å². The van der Waals surface area contributed by atoms with Gasteiger partial charge in [-0.2, -0.15) is 0 Å². The molecule has 0 radical (unpaired) electrons. The van der Waals surface area contributed by atoms with Gasteiger partial charge in [0.1, 0.15) is 5.82 Å². The van der Waals surface area contributed by atoms with Crippen molar-refractivity contribution in [2.45, 2.75) is 6.61 Å². The van der Waals surface area contributed by atoms with E-state index < -0.39 is 0 Å². The minimum absolute atomic E-state index is 0.111. The lowest BCUT2D eigenvalue weighted by molar-refractivity contribution is 0.281. The van der Waals surface area contributed by atoms with Crippen LogP contribution in [0.3, 0.4) is 0 Å². The molecule has 3 nitrogen and oxygen atoms in total. The number of aliphatic hydroxyl groups excluding tert-OH is 1. The van der Waals surface area contributed by atoms with Gasteiger partial charge in [0.05, 0.1) is 12.3 Å². The zero-order chi connectivity index (χ0) is 11.5. The maximum Gasteiger partial charge on any atom is 0.146 e. The molecule has 0 aliphatic carbocycles. The molecule has 0 aromatic heterocycles. The van der Waals surface area contributed by atoms with Crippen molar-refractivity contribution >= 4 is 5.69 Å². The number of hydrogen-bond donors (Lipinski definition) is 1. The minimum Gasteiger partial charge on any atom is -0.392 e. The van der Waals surface area contributed by atoms with Crippen LogP contribution >= 0.6 is 0 Å². The molecule has 0 amide bonds. The Hall–Kier alpha value is -1.13. The Kier molecular flexibility index (Phi) is 3.41. The number of anilines is 1. The van der Waals surface area contributed by atoms with E-state index in [9.17, 15) is 4.39 Å². The highest BCUT2D eigenvalue weighted by molar-refractivity contribution is 5.49. The maximum absolute atomic E-state index is 13.8. The predicted molar refractivity (Wildman–Crippen MR) is 62.0 cm³/mol. The number of piperazine rings is 1. The van der Waals surface area contributed by atoms with Crippen LogP contribution in [-0.2, 0) is 6.61 Å². The third kappa shape index (κ3) is 2.33. The third-order valence-electron chi connectivity index (χ3n) is 3.04. The van der Waals surface area contributed by atoms with Crippen LogP contribution in [0.2, 0.25) is 0 Å². The highest BCUT2D eigenvalue weighted by atomic mass is 19.1. The van der Waals surface area contributed by atoms with E-state index >= 15 is 0 Å². The Bertz CT molecular complexity index is 362. The van der Waals surface area contributed by atoms with Crippen LogP contribution in [0.15, 0.2) is 18.2 Å². The number of halogens is 1. The Morgan fingerprint density at radius 2 is 1.94 bits per heavy atom. The molecule has 1 heterocycles. The van der Waals surface area contributed by atoms with Crippen molar-refractivity contribution in [2.75, 3.05) is 38.1 Å². The van der Waals surface area contributed by atoms with Crippen LogP contribution in [0.4, 0.5) is 10.1 Å². The highest BCUT2D eigenvalue weighted by Crippen LogP contribution is 2.21. The number of likely N-dealkylation sites (N-methyl/N-ethyl adjacent to an activating group) is 1. The van der Waals surface area contributed by atoms with Crippen molar-refractivity contribution in [1.82, 2.24) is 4.90 Å². The van der Waals surface area contributed by atoms with Gasteiger partial charge in [-0.15, -0.1) is 0 Å². The van der Waals surface area contributed by atoms with Crippen molar-refractivity contribution in [2.24, 2.45) is 0 Å². The number of hydrogen-bond acceptors (Lipinski definition) is 3. The second-order valence-electron chi connectivity index (χ2n) is 4.23. The smallest absolute Gasteiger partial charge is 0.146 e. The summed E-state index contributed by atoms with van der Waals surface area (Å²) >= 11 is 0. The monoisotopic (exact) mass is 224 g/mol. The largest absolute Gasteiger partial charge is 0.392 e. The van der Waals surface area contributed by atoms with Crippen molar-refractivity contribution < 1.29 is 9.50 Å². The van der Waals surface area contributed by atoms with Gasteiger partial charge >= 0.3 is 0 Å². The third-order valence-corrected chi connectivity index (χ3v) is 3.04. The number of aliphatic hydroxyl groups is 1. The summed E-state index contributed by atoms with van der Waals surface area (Å²) in [4.78, 5) is 4.28. The van der Waals surface area contributed by atoms with Gasteiger partial charge in [0.25, 0.3) is 0 Å². The summed E-state index contributed by atoms with van der Waals surface area (Å²) in [6.45, 7) is 3.51. The Morgan fingerprint density at radius 3 is 2.50 bits per heavy atom. The molecule has 1 aliphatic heterocycles. The molecule has 1 aliphatic rings. The average Bonchev–Trinajstić information content (AvgIpc) is 2.30. The van der Waals surface area contributed by atoms with Crippen LogP contribution in [0.1, 0.15) is 5.56 Å². The molecular formula is C12H17FN2O. The number of rotatable bonds is 2. The molecule has 0 unspecified atom stereocenters. The molecular weight excluding hydrogens is 207 g/mol. The fraction of sp³-hybridized carbons (Fsp3) is 0.500. The van der Waals surface area contributed by atoms with E-state index in [0.717, 1.165) is 26.2 Å². The summed E-state index contributed by atoms with van der Waals surface area (Å²) in [5.41, 5.74) is 1.26. The second-order valence-corrected chi connectivity index (χ2v) is 4.23. The van der Waals surface area contributed by atoms with E-state index in [1.807, 2.05) is 0 Å². The first-order valence-electron chi connectivity index (χ1n) is 5.53. The zero-order valence-electron chi connectivity index (χ0n) is 9.49. The topological polar surface area (TPSA) is 26.7 Å². The molecule has 1 N–H and O–H groups in total. The molecule has 1 aromatic rings. The molecule has 1 fully saturated rings. The summed E-state index contributed by atoms with van der Waals surface area (Å²) in [6, 6.07) is 4.94. The van der Waals surface area contributed by atoms with Gasteiger partial charge in [0, 0.05) is 26.2 Å². The van der Waals surface area contributed by atoms with Crippen molar-refractivity contribution in [3.8, 4) is 0 Å². The van der Waals surface area contributed by atoms with Crippen LogP contribution in [0, 0.1) is 5.82 Å². The van der Waals surface area contributed by atoms with Crippen LogP contribution < -0.4 is 4.90 Å². The van der Waals surface area contributed by atoms with E-state index in [-0.39, 0.29) is 12.4 Å². The quantitative estimate of drug-likeness (QED) is 0.814. The Labute approximate surface area is 95.1 Å². The van der Waals surface area contributed by atoms with E-state index in [1.54, 1.807) is 12.1 Å². The summed E-state index contributed by atoms with van der Waals surface area (Å²) in [5, 5.41) is 8.91. The molecule has 0 bridgehead atoms. The van der Waals surface area contributed by atoms with Crippen molar-refractivity contribution in [3.05, 3.63) is 29.6 Å². The van der Waals surface area contributed by atoms with E-state index in [4.69, 9.17) is 5.11 Å². The van der Waals surface area contributed by atoms with Gasteiger partial charge in [-0.05, 0) is 24.7 Å². The summed E-state index contributed by atoms with van der Waals surface area (Å²) in [6.07, 6.45) is 0. The Morgan fingerprint density at radius 1 is 1.25 bits per heavy atom. The van der Waals surface area contributed by atoms with Crippen molar-refractivity contribution in [3.63, 3.8) is 0 Å². The predicted octanol–water partition coefficient (Wildman–Crippen LogP) is 1.07. The molecule has 4 heteroatoms. The molecule has 0 saturated carbocycles. The molecule has 16 heavy (non-hydrogen) atoms. The fourth-order valence-electron chi connectivity index (χ4n) is 1.95. The highest BCUT2D eigenvalue weighted by Gasteiger charge is 2.17. The van der Waals surface area contributed by atoms with Gasteiger partial charge < -0.3 is 14.9 Å². The minimum atomic E-state index is -0.240. The lowest BCUT2D eigenvalue weighted by atomic mass is 10.2. The summed E-state index contributed by atoms with van der Waals surface area (Å²) < 4.78 is 13.8. The van der Waals surface area contributed by atoms with E-state index in [0.29, 0.717) is 11.3 Å². The lowest BCUT2D eigenvalue weighted by Gasteiger charge is -2.34. The second kappa shape index (κ2) is 4.80. The first kappa shape index (κ1) is 11.4. The SMILES string of the molecule is CN1CCN(c2ccc(CO)cc2F)CC1. The van der Waals surface area contributed by atoms with Gasteiger partial charge in [-0.1, -0.05) is 6.07 Å². The van der Waals surface area contributed by atoms with Crippen LogP contribution in [0.25, 0.3) is 0 Å². The number of benzene rings is 1. The molecule has 2 rings (SSSR count). The molecule has 88 valence electrons. The van der Waals surface area contributed by atoms with Gasteiger partial charge in [0.2, 0.25) is 0 Å². The van der Waals surface area contributed by atoms with Gasteiger partial charge in [0.15, 0.2) is 0 Å². The van der Waals surface area contributed by atoms with Crippen LogP contribution in [-0.4, -0.2) is 43.2 Å². The van der Waals surface area contributed by atoms with Gasteiger partial charge in [-0.3, -0.25) is 0 Å². The van der Waals surface area contributed by atoms with Crippen LogP contribution in [0.5, 0.6) is 0 Å². The van der Waals surface area contributed by atoms with Gasteiger partial charge in [-0.25, -0.2) is 4.39 Å². The average molecular weight is 224 g/mol. The fourth-order valence-corrected chi connectivity index (χ4v) is 1.95. The van der Waals surface area contributed by atoms with E-state index in [1.165, 1.54) is 6.07 Å². The van der Waals surface area contributed by atoms with E-state index in [2.05, 4.69) is 16.8 Å². The normalized spacial score (nSPS) is 17.8. The summed E-state index contributed by atoms with van der Waals surface area (Å²) in [7, 11) is 2.07. The molecule has 1 aromatic carbocycles. The molecule has 0 atom stereocenters. The maximum atomic E-state index is 13.8. The Balaban J connectivity index is 2.14. The number of nitrogens with zero attached hydrogens (tertiary/aromatic N) is 2. The lowest BCUT2D eigenvalue weighted by Crippen LogP contribution is -2.44. The first-order chi connectivity index (χ1) is 7.70.